The lowest BCUT2D eigenvalue weighted by atomic mass is 10.1. The van der Waals surface area contributed by atoms with Gasteiger partial charge >= 0.3 is 0 Å². The first-order valence-electron chi connectivity index (χ1n) is 11.0. The van der Waals surface area contributed by atoms with E-state index in [4.69, 9.17) is 13.6 Å². The van der Waals surface area contributed by atoms with Crippen LogP contribution in [0.4, 0.5) is 11.4 Å². The maximum atomic E-state index is 13.0. The lowest BCUT2D eigenvalue weighted by Gasteiger charge is -2.10. The van der Waals surface area contributed by atoms with Crippen molar-refractivity contribution in [3.63, 3.8) is 0 Å². The van der Waals surface area contributed by atoms with Gasteiger partial charge in [0.1, 0.15) is 17.0 Å². The molecule has 36 heavy (non-hydrogen) atoms. The van der Waals surface area contributed by atoms with Gasteiger partial charge in [-0.25, -0.2) is 4.98 Å². The Hall–Kier alpha value is -4.92. The summed E-state index contributed by atoms with van der Waals surface area (Å²) in [5, 5.41) is 13.9. The molecule has 0 bridgehead atoms. The number of amides is 1. The second-order valence-electron chi connectivity index (χ2n) is 8.26. The Kier molecular flexibility index (Phi) is 5.73. The number of rotatable bonds is 6. The highest BCUT2D eigenvalue weighted by molar-refractivity contribution is 6.03. The fourth-order valence-electron chi connectivity index (χ4n) is 3.81. The van der Waals surface area contributed by atoms with Crippen molar-refractivity contribution >= 4 is 28.4 Å². The van der Waals surface area contributed by atoms with Crippen LogP contribution in [0.2, 0.25) is 0 Å². The Morgan fingerprint density at radius 1 is 0.972 bits per heavy atom. The first-order chi connectivity index (χ1) is 17.3. The Morgan fingerprint density at radius 2 is 1.78 bits per heavy atom. The zero-order valence-electron chi connectivity index (χ0n) is 19.7. The number of aromatic nitrogens is 1. The molecule has 180 valence electrons. The highest BCUT2D eigenvalue weighted by Gasteiger charge is 2.18. The molecular formula is C27H21N3O6. The van der Waals surface area contributed by atoms with Crippen LogP contribution in [-0.2, 0) is 0 Å². The maximum Gasteiger partial charge on any atom is 0.291 e. The summed E-state index contributed by atoms with van der Waals surface area (Å²) in [4.78, 5) is 28.1. The SMILES string of the molecule is COc1ccc(-c2nc3cc(C)c(C)cc3o2)cc1NC(=O)c1ccc(-c2cccc([N+](=O)[O-])c2)o1. The first kappa shape index (κ1) is 22.9. The Balaban J connectivity index is 1.42. The molecule has 0 atom stereocenters. The monoisotopic (exact) mass is 483 g/mol. The predicted molar refractivity (Wildman–Crippen MR) is 134 cm³/mol. The number of hydrogen-bond acceptors (Lipinski definition) is 7. The molecule has 9 heteroatoms. The summed E-state index contributed by atoms with van der Waals surface area (Å²) in [7, 11) is 1.50. The molecule has 0 radical (unpaired) electrons. The van der Waals surface area contributed by atoms with E-state index in [2.05, 4.69) is 10.3 Å². The van der Waals surface area contributed by atoms with Crippen LogP contribution in [0.1, 0.15) is 21.7 Å². The molecule has 0 saturated carbocycles. The number of fused-ring (bicyclic) bond motifs is 1. The van der Waals surface area contributed by atoms with Crippen LogP contribution >= 0.6 is 0 Å². The van der Waals surface area contributed by atoms with Crippen molar-refractivity contribution in [3.8, 4) is 28.5 Å². The van der Waals surface area contributed by atoms with Gasteiger partial charge in [0.05, 0.1) is 17.7 Å². The summed E-state index contributed by atoms with van der Waals surface area (Å²) in [5.41, 5.74) is 5.14. The molecule has 0 spiro atoms. The van der Waals surface area contributed by atoms with E-state index >= 15 is 0 Å². The van der Waals surface area contributed by atoms with Crippen molar-refractivity contribution in [2.24, 2.45) is 0 Å². The molecule has 0 aliphatic rings. The van der Waals surface area contributed by atoms with Crippen molar-refractivity contribution < 1.29 is 23.3 Å². The summed E-state index contributed by atoms with van der Waals surface area (Å²) in [6, 6.07) is 18.2. The smallest absolute Gasteiger partial charge is 0.291 e. The summed E-state index contributed by atoms with van der Waals surface area (Å²) < 4.78 is 17.1. The third-order valence-corrected chi connectivity index (χ3v) is 5.87. The van der Waals surface area contributed by atoms with Gasteiger partial charge < -0.3 is 18.9 Å². The number of carbonyl (C=O) groups is 1. The number of nitro groups is 1. The zero-order valence-corrected chi connectivity index (χ0v) is 19.7. The van der Waals surface area contributed by atoms with Gasteiger partial charge in [-0.3, -0.25) is 14.9 Å². The van der Waals surface area contributed by atoms with Gasteiger partial charge in [0, 0.05) is 23.3 Å². The van der Waals surface area contributed by atoms with Crippen LogP contribution in [0.25, 0.3) is 33.9 Å². The van der Waals surface area contributed by atoms with Crippen molar-refractivity contribution in [1.82, 2.24) is 4.98 Å². The minimum atomic E-state index is -0.508. The molecule has 0 fully saturated rings. The van der Waals surface area contributed by atoms with Crippen molar-refractivity contribution in [1.29, 1.82) is 0 Å². The average molecular weight is 483 g/mol. The number of oxazole rings is 1. The number of aryl methyl sites for hydroxylation is 2. The summed E-state index contributed by atoms with van der Waals surface area (Å²) in [5.74, 6) is 0.726. The van der Waals surface area contributed by atoms with Gasteiger partial charge in [-0.05, 0) is 67.4 Å². The van der Waals surface area contributed by atoms with Crippen LogP contribution in [0.3, 0.4) is 0 Å². The molecule has 0 unspecified atom stereocenters. The first-order valence-corrected chi connectivity index (χ1v) is 11.0. The number of ether oxygens (including phenoxy) is 1. The molecule has 3 aromatic carbocycles. The number of anilines is 1. The Morgan fingerprint density at radius 3 is 2.56 bits per heavy atom. The minimum absolute atomic E-state index is 0.0387. The molecule has 0 aliphatic heterocycles. The maximum absolute atomic E-state index is 13.0. The lowest BCUT2D eigenvalue weighted by molar-refractivity contribution is -0.384. The molecule has 0 saturated heterocycles. The minimum Gasteiger partial charge on any atom is -0.495 e. The number of furan rings is 1. The lowest BCUT2D eigenvalue weighted by Crippen LogP contribution is -2.11. The quantitative estimate of drug-likeness (QED) is 0.215. The normalized spacial score (nSPS) is 11.0. The number of hydrogen-bond donors (Lipinski definition) is 1. The van der Waals surface area contributed by atoms with Gasteiger partial charge in [-0.2, -0.15) is 0 Å². The van der Waals surface area contributed by atoms with E-state index in [0.717, 1.165) is 16.6 Å². The van der Waals surface area contributed by atoms with Crippen LogP contribution in [0.5, 0.6) is 5.75 Å². The van der Waals surface area contributed by atoms with Crippen LogP contribution in [-0.4, -0.2) is 22.9 Å². The third-order valence-electron chi connectivity index (χ3n) is 5.87. The summed E-state index contributed by atoms with van der Waals surface area (Å²) in [6.07, 6.45) is 0. The van der Waals surface area contributed by atoms with E-state index in [1.807, 2.05) is 26.0 Å². The Bertz CT molecular complexity index is 1590. The van der Waals surface area contributed by atoms with Gasteiger partial charge in [0.25, 0.3) is 11.6 Å². The van der Waals surface area contributed by atoms with Crippen LogP contribution in [0, 0.1) is 24.0 Å². The zero-order chi connectivity index (χ0) is 25.4. The van der Waals surface area contributed by atoms with Gasteiger partial charge in [0.15, 0.2) is 11.3 Å². The van der Waals surface area contributed by atoms with Crippen molar-refractivity contribution in [2.75, 3.05) is 12.4 Å². The second kappa shape index (κ2) is 9.03. The highest BCUT2D eigenvalue weighted by atomic mass is 16.6. The van der Waals surface area contributed by atoms with Gasteiger partial charge in [-0.1, -0.05) is 12.1 Å². The number of methoxy groups -OCH3 is 1. The van der Waals surface area contributed by atoms with E-state index < -0.39 is 10.8 Å². The van der Waals surface area contributed by atoms with E-state index in [0.29, 0.717) is 39.8 Å². The van der Waals surface area contributed by atoms with Crippen LogP contribution in [0.15, 0.2) is 75.6 Å². The predicted octanol–water partition coefficient (Wildman–Crippen LogP) is 6.54. The standard InChI is InChI=1S/C27H21N3O6/c1-15-11-20-25(12-16(15)2)36-27(29-20)18-7-8-23(34-3)21(14-18)28-26(31)24-10-9-22(35-24)17-5-4-6-19(13-17)30(32)33/h4-14H,1-3H3,(H,28,31). The van der Waals surface area contributed by atoms with Crippen LogP contribution < -0.4 is 10.1 Å². The number of benzene rings is 3. The largest absolute Gasteiger partial charge is 0.495 e. The fraction of sp³-hybridized carbons (Fsp3) is 0.111. The summed E-state index contributed by atoms with van der Waals surface area (Å²) in [6.45, 7) is 4.03. The molecule has 9 nitrogen and oxygen atoms in total. The molecule has 1 amide bonds. The number of nitrogens with one attached hydrogen (secondary N) is 1. The molecule has 1 N–H and O–H groups in total. The van der Waals surface area contributed by atoms with Crippen molar-refractivity contribution in [2.45, 2.75) is 13.8 Å². The van der Waals surface area contributed by atoms with Gasteiger partial charge in [0.2, 0.25) is 5.89 Å². The molecule has 2 heterocycles. The highest BCUT2D eigenvalue weighted by Crippen LogP contribution is 2.33. The molecule has 0 aliphatic carbocycles. The number of nitro benzene ring substituents is 1. The van der Waals surface area contributed by atoms with Gasteiger partial charge in [-0.15, -0.1) is 0 Å². The number of nitrogens with zero attached hydrogens (tertiary/aromatic N) is 2. The number of non-ortho nitro benzene ring substituents is 1. The van der Waals surface area contributed by atoms with E-state index in [1.165, 1.54) is 25.3 Å². The van der Waals surface area contributed by atoms with E-state index in [-0.39, 0.29) is 11.4 Å². The van der Waals surface area contributed by atoms with E-state index in [1.54, 1.807) is 36.4 Å². The third kappa shape index (κ3) is 4.29. The number of carbonyl (C=O) groups excluding carboxylic acids is 1. The molecular weight excluding hydrogens is 462 g/mol. The summed E-state index contributed by atoms with van der Waals surface area (Å²) >= 11 is 0. The topological polar surface area (TPSA) is 121 Å². The second-order valence-corrected chi connectivity index (χ2v) is 8.26. The fourth-order valence-corrected chi connectivity index (χ4v) is 3.81. The molecule has 5 rings (SSSR count). The average Bonchev–Trinajstić information content (AvgIpc) is 3.52. The van der Waals surface area contributed by atoms with E-state index in [9.17, 15) is 14.9 Å². The Labute approximate surface area is 205 Å². The van der Waals surface area contributed by atoms with Crippen molar-refractivity contribution in [3.05, 3.63) is 93.7 Å². The molecule has 2 aromatic heterocycles. The molecule has 5 aromatic rings.